The SMILES string of the molecule is CC(C)CC(NC(=O)OC(C)(C)C)C(=O)NS(C)(=O)=O. The van der Waals surface area contributed by atoms with Crippen molar-refractivity contribution in [2.75, 3.05) is 6.26 Å². The fraction of sp³-hybridized carbons (Fsp3) is 0.833. The summed E-state index contributed by atoms with van der Waals surface area (Å²) in [4.78, 5) is 23.5. The molecule has 0 bridgehead atoms. The molecule has 2 amide bonds. The molecule has 2 N–H and O–H groups in total. The van der Waals surface area contributed by atoms with E-state index in [1.54, 1.807) is 20.8 Å². The first-order chi connectivity index (χ1) is 8.80. The van der Waals surface area contributed by atoms with Gasteiger partial charge < -0.3 is 10.1 Å². The second-order valence-electron chi connectivity index (χ2n) is 6.07. The first-order valence-corrected chi connectivity index (χ1v) is 8.20. The van der Waals surface area contributed by atoms with E-state index in [2.05, 4.69) is 5.32 Å². The Labute approximate surface area is 120 Å². The van der Waals surface area contributed by atoms with E-state index < -0.39 is 33.7 Å². The molecular weight excluding hydrogens is 284 g/mol. The molecule has 0 aromatic rings. The summed E-state index contributed by atoms with van der Waals surface area (Å²) in [6, 6.07) is -0.959. The predicted octanol–water partition coefficient (Wildman–Crippen LogP) is 1.00. The van der Waals surface area contributed by atoms with E-state index in [9.17, 15) is 18.0 Å². The predicted molar refractivity (Wildman–Crippen MR) is 75.6 cm³/mol. The number of amides is 2. The number of ether oxygens (including phenoxy) is 1. The maximum Gasteiger partial charge on any atom is 0.408 e. The lowest BCUT2D eigenvalue weighted by atomic mass is 10.0. The first-order valence-electron chi connectivity index (χ1n) is 6.31. The van der Waals surface area contributed by atoms with Crippen molar-refractivity contribution in [1.29, 1.82) is 0 Å². The van der Waals surface area contributed by atoms with Crippen molar-refractivity contribution in [1.82, 2.24) is 10.0 Å². The number of carbonyl (C=O) groups excluding carboxylic acids is 2. The summed E-state index contributed by atoms with van der Waals surface area (Å²) in [6.07, 6.45) is 0.428. The van der Waals surface area contributed by atoms with Crippen LogP contribution in [-0.4, -0.2) is 38.3 Å². The van der Waals surface area contributed by atoms with Crippen LogP contribution in [0.1, 0.15) is 41.0 Å². The number of hydrogen-bond acceptors (Lipinski definition) is 5. The monoisotopic (exact) mass is 308 g/mol. The zero-order valence-corrected chi connectivity index (χ0v) is 13.6. The molecule has 0 saturated carbocycles. The van der Waals surface area contributed by atoms with Gasteiger partial charge in [-0.3, -0.25) is 9.52 Å². The van der Waals surface area contributed by atoms with Crippen molar-refractivity contribution in [3.05, 3.63) is 0 Å². The number of carbonyl (C=O) groups is 2. The normalized spacial score (nSPS) is 13.8. The Morgan fingerprint density at radius 3 is 2.05 bits per heavy atom. The van der Waals surface area contributed by atoms with Crippen LogP contribution < -0.4 is 10.0 Å². The summed E-state index contributed by atoms with van der Waals surface area (Å²) in [5.74, 6) is -0.674. The van der Waals surface area contributed by atoms with Gasteiger partial charge in [0, 0.05) is 0 Å². The molecule has 0 fully saturated rings. The van der Waals surface area contributed by atoms with E-state index in [-0.39, 0.29) is 5.92 Å². The van der Waals surface area contributed by atoms with Crippen molar-refractivity contribution in [3.63, 3.8) is 0 Å². The minimum absolute atomic E-state index is 0.0975. The summed E-state index contributed by atoms with van der Waals surface area (Å²) in [7, 11) is -3.67. The number of alkyl carbamates (subject to hydrolysis) is 1. The molecule has 0 saturated heterocycles. The first kappa shape index (κ1) is 18.7. The highest BCUT2D eigenvalue weighted by Gasteiger charge is 2.26. The van der Waals surface area contributed by atoms with Crippen LogP contribution in [0, 0.1) is 5.92 Å². The summed E-state index contributed by atoms with van der Waals surface area (Å²) in [6.45, 7) is 8.80. The number of rotatable bonds is 5. The fourth-order valence-electron chi connectivity index (χ4n) is 1.41. The Morgan fingerprint density at radius 1 is 1.20 bits per heavy atom. The van der Waals surface area contributed by atoms with Gasteiger partial charge >= 0.3 is 6.09 Å². The zero-order valence-electron chi connectivity index (χ0n) is 12.8. The molecule has 0 aromatic heterocycles. The van der Waals surface area contributed by atoms with Gasteiger partial charge in [0.2, 0.25) is 10.0 Å². The highest BCUT2D eigenvalue weighted by Crippen LogP contribution is 2.09. The molecule has 1 atom stereocenters. The molecule has 0 aliphatic heterocycles. The maximum atomic E-state index is 11.8. The lowest BCUT2D eigenvalue weighted by molar-refractivity contribution is -0.121. The Bertz CT molecular complexity index is 451. The largest absolute Gasteiger partial charge is 0.444 e. The van der Waals surface area contributed by atoms with Crippen molar-refractivity contribution < 1.29 is 22.7 Å². The Morgan fingerprint density at radius 2 is 1.70 bits per heavy atom. The van der Waals surface area contributed by atoms with Crippen LogP contribution in [-0.2, 0) is 19.6 Å². The van der Waals surface area contributed by atoms with Gasteiger partial charge in [0.05, 0.1) is 6.26 Å². The average molecular weight is 308 g/mol. The molecule has 0 rings (SSSR count). The molecule has 0 radical (unpaired) electrons. The highest BCUT2D eigenvalue weighted by atomic mass is 32.2. The van der Waals surface area contributed by atoms with Crippen LogP contribution in [0.2, 0.25) is 0 Å². The molecule has 118 valence electrons. The molecule has 0 spiro atoms. The van der Waals surface area contributed by atoms with Gasteiger partial charge in [-0.15, -0.1) is 0 Å². The van der Waals surface area contributed by atoms with Crippen LogP contribution in [0.4, 0.5) is 4.79 Å². The van der Waals surface area contributed by atoms with Crippen LogP contribution >= 0.6 is 0 Å². The lowest BCUT2D eigenvalue weighted by Crippen LogP contribution is -2.49. The second kappa shape index (κ2) is 6.92. The van der Waals surface area contributed by atoms with Crippen LogP contribution in [0.5, 0.6) is 0 Å². The van der Waals surface area contributed by atoms with Crippen molar-refractivity contribution >= 4 is 22.0 Å². The van der Waals surface area contributed by atoms with Crippen molar-refractivity contribution in [2.45, 2.75) is 52.7 Å². The quantitative estimate of drug-likeness (QED) is 0.789. The number of sulfonamides is 1. The minimum Gasteiger partial charge on any atom is -0.444 e. The molecule has 1 unspecified atom stereocenters. The molecule has 0 aromatic carbocycles. The summed E-state index contributed by atoms with van der Waals surface area (Å²) >= 11 is 0. The molecular formula is C12H24N2O5S. The Hall–Kier alpha value is -1.31. The summed E-state index contributed by atoms with van der Waals surface area (Å²) in [5.41, 5.74) is -0.695. The van der Waals surface area contributed by atoms with Crippen LogP contribution in [0.15, 0.2) is 0 Å². The average Bonchev–Trinajstić information content (AvgIpc) is 2.09. The van der Waals surface area contributed by atoms with Gasteiger partial charge in [-0.1, -0.05) is 13.8 Å². The van der Waals surface area contributed by atoms with Crippen molar-refractivity contribution in [2.24, 2.45) is 5.92 Å². The number of hydrogen-bond donors (Lipinski definition) is 2. The van der Waals surface area contributed by atoms with Gasteiger partial charge in [-0.25, -0.2) is 13.2 Å². The van der Waals surface area contributed by atoms with Crippen molar-refractivity contribution in [3.8, 4) is 0 Å². The third-order valence-electron chi connectivity index (χ3n) is 2.00. The molecule has 0 aliphatic rings. The third kappa shape index (κ3) is 9.60. The summed E-state index contributed by atoms with van der Waals surface area (Å²) < 4.78 is 29.0. The van der Waals surface area contributed by atoms with Gasteiger partial charge in [0.15, 0.2) is 0 Å². The van der Waals surface area contributed by atoms with E-state index in [1.807, 2.05) is 18.6 Å². The number of nitrogens with one attached hydrogen (secondary N) is 2. The topological polar surface area (TPSA) is 102 Å². The van der Waals surface area contributed by atoms with Crippen LogP contribution in [0.3, 0.4) is 0 Å². The molecule has 20 heavy (non-hydrogen) atoms. The van der Waals surface area contributed by atoms with Gasteiger partial charge in [0.1, 0.15) is 11.6 Å². The Kier molecular flexibility index (Phi) is 6.46. The van der Waals surface area contributed by atoms with E-state index in [0.29, 0.717) is 6.42 Å². The highest BCUT2D eigenvalue weighted by molar-refractivity contribution is 7.89. The summed E-state index contributed by atoms with van der Waals surface area (Å²) in [5, 5.41) is 2.39. The lowest BCUT2D eigenvalue weighted by Gasteiger charge is -2.23. The molecule has 0 heterocycles. The minimum atomic E-state index is -3.67. The third-order valence-corrected chi connectivity index (χ3v) is 2.57. The van der Waals surface area contributed by atoms with Gasteiger partial charge in [-0.2, -0.15) is 0 Å². The molecule has 7 nitrogen and oxygen atoms in total. The van der Waals surface area contributed by atoms with Crippen LogP contribution in [0.25, 0.3) is 0 Å². The van der Waals surface area contributed by atoms with Gasteiger partial charge in [-0.05, 0) is 33.1 Å². The van der Waals surface area contributed by atoms with E-state index in [4.69, 9.17) is 4.74 Å². The van der Waals surface area contributed by atoms with E-state index in [0.717, 1.165) is 6.26 Å². The van der Waals surface area contributed by atoms with E-state index >= 15 is 0 Å². The van der Waals surface area contributed by atoms with Gasteiger partial charge in [0.25, 0.3) is 5.91 Å². The Balaban J connectivity index is 4.81. The zero-order chi connectivity index (χ0) is 16.1. The van der Waals surface area contributed by atoms with E-state index in [1.165, 1.54) is 0 Å². The second-order valence-corrected chi connectivity index (χ2v) is 7.82. The molecule has 8 heteroatoms. The maximum absolute atomic E-state index is 11.8. The smallest absolute Gasteiger partial charge is 0.408 e. The standard InChI is InChI=1S/C12H24N2O5S/c1-8(2)7-9(10(15)14-20(6,17)18)13-11(16)19-12(3,4)5/h8-9H,7H2,1-6H3,(H,13,16)(H,14,15). The molecule has 0 aliphatic carbocycles. The fourth-order valence-corrected chi connectivity index (χ4v) is 1.91.